The van der Waals surface area contributed by atoms with Crippen LogP contribution in [0.15, 0.2) is 0 Å². The number of carbonyl (C=O) groups is 2. The molecule has 0 saturated heterocycles. The standard InChI is InChI=1S/C6H12N2O2/c1-4(6(10)7-3)8-5(2)9/h4H,1-3H3,(H,7,10)(H,8,9)/t4-/m1/s1/i2D3. The lowest BCUT2D eigenvalue weighted by Crippen LogP contribution is -2.42. The van der Waals surface area contributed by atoms with E-state index in [2.05, 4.69) is 10.6 Å². The molecule has 0 saturated carbocycles. The molecule has 0 heterocycles. The maximum Gasteiger partial charge on any atom is 0.242 e. The van der Waals surface area contributed by atoms with Crippen LogP contribution < -0.4 is 10.6 Å². The Bertz CT molecular complexity index is 214. The Kier molecular flexibility index (Phi) is 1.82. The summed E-state index contributed by atoms with van der Waals surface area (Å²) in [6.45, 7) is -1.30. The molecule has 0 aliphatic carbocycles. The van der Waals surface area contributed by atoms with Gasteiger partial charge in [-0.2, -0.15) is 0 Å². The summed E-state index contributed by atoms with van der Waals surface area (Å²) in [7, 11) is 1.40. The Morgan fingerprint density at radius 3 is 2.60 bits per heavy atom. The zero-order chi connectivity index (χ0) is 10.6. The van der Waals surface area contributed by atoms with Crippen molar-refractivity contribution in [3.05, 3.63) is 0 Å². The molecule has 4 heteroatoms. The van der Waals surface area contributed by atoms with Gasteiger partial charge in [-0.05, 0) is 6.92 Å². The first-order valence-electron chi connectivity index (χ1n) is 4.31. The fraction of sp³-hybridized carbons (Fsp3) is 0.667. The molecule has 10 heavy (non-hydrogen) atoms. The molecule has 1 atom stereocenters. The minimum Gasteiger partial charge on any atom is -0.357 e. The van der Waals surface area contributed by atoms with E-state index in [9.17, 15) is 9.59 Å². The minimum atomic E-state index is -2.71. The van der Waals surface area contributed by atoms with Crippen molar-refractivity contribution in [2.75, 3.05) is 7.05 Å². The Labute approximate surface area is 64.2 Å². The second-order valence-electron chi connectivity index (χ2n) is 1.81. The van der Waals surface area contributed by atoms with Crippen LogP contribution >= 0.6 is 0 Å². The molecule has 2 N–H and O–H groups in total. The summed E-state index contributed by atoms with van der Waals surface area (Å²) < 4.78 is 20.2. The molecule has 2 amide bonds. The van der Waals surface area contributed by atoms with Crippen molar-refractivity contribution in [3.8, 4) is 0 Å². The van der Waals surface area contributed by atoms with Crippen LogP contribution in [0.1, 0.15) is 17.9 Å². The van der Waals surface area contributed by atoms with Crippen LogP contribution in [0.5, 0.6) is 0 Å². The van der Waals surface area contributed by atoms with Gasteiger partial charge in [0.25, 0.3) is 0 Å². The summed E-state index contributed by atoms with van der Waals surface area (Å²) >= 11 is 0. The molecule has 0 spiro atoms. The number of hydrogen-bond acceptors (Lipinski definition) is 2. The molecule has 0 aromatic heterocycles. The van der Waals surface area contributed by atoms with Gasteiger partial charge in [-0.25, -0.2) is 0 Å². The third-order valence-electron chi connectivity index (χ3n) is 0.987. The number of hydrogen-bond donors (Lipinski definition) is 2. The molecule has 0 aliphatic rings. The van der Waals surface area contributed by atoms with E-state index >= 15 is 0 Å². The summed E-state index contributed by atoms with van der Waals surface area (Å²) in [5.74, 6) is -1.55. The van der Waals surface area contributed by atoms with Crippen LogP contribution in [0.4, 0.5) is 0 Å². The monoisotopic (exact) mass is 147 g/mol. The van der Waals surface area contributed by atoms with Crippen molar-refractivity contribution < 1.29 is 13.7 Å². The highest BCUT2D eigenvalue weighted by Crippen LogP contribution is 1.79. The van der Waals surface area contributed by atoms with E-state index in [0.717, 1.165) is 0 Å². The number of carbonyl (C=O) groups excluding carboxylic acids is 2. The highest BCUT2D eigenvalue weighted by atomic mass is 16.2. The third-order valence-corrected chi connectivity index (χ3v) is 0.987. The van der Waals surface area contributed by atoms with Crippen molar-refractivity contribution >= 4 is 11.8 Å². The first kappa shape index (κ1) is 4.71. The van der Waals surface area contributed by atoms with Crippen molar-refractivity contribution in [1.82, 2.24) is 10.6 Å². The normalized spacial score (nSPS) is 17.6. The SMILES string of the molecule is [2H]C([2H])([2H])C(=O)N[C@H](C)C(=O)NC. The van der Waals surface area contributed by atoms with E-state index < -0.39 is 24.7 Å². The van der Waals surface area contributed by atoms with Gasteiger partial charge in [-0.1, -0.05) is 0 Å². The highest BCUT2D eigenvalue weighted by molar-refractivity contribution is 5.86. The molecule has 0 bridgehead atoms. The van der Waals surface area contributed by atoms with E-state index in [0.29, 0.717) is 0 Å². The second-order valence-corrected chi connectivity index (χ2v) is 1.81. The van der Waals surface area contributed by atoms with E-state index in [4.69, 9.17) is 4.11 Å². The first-order chi connectivity index (χ1) is 5.79. The highest BCUT2D eigenvalue weighted by Gasteiger charge is 2.09. The summed E-state index contributed by atoms with van der Waals surface area (Å²) in [5.41, 5.74) is 0. The quantitative estimate of drug-likeness (QED) is 0.540. The van der Waals surface area contributed by atoms with Gasteiger partial charge in [0.05, 0.1) is 0 Å². The van der Waals surface area contributed by atoms with Crippen molar-refractivity contribution in [2.45, 2.75) is 19.8 Å². The van der Waals surface area contributed by atoms with Crippen molar-refractivity contribution in [3.63, 3.8) is 0 Å². The fourth-order valence-corrected chi connectivity index (χ4v) is 0.479. The van der Waals surface area contributed by atoms with Crippen LogP contribution in [0.25, 0.3) is 0 Å². The van der Waals surface area contributed by atoms with Crippen LogP contribution in [0.2, 0.25) is 0 Å². The second kappa shape index (κ2) is 3.87. The molecule has 0 fully saturated rings. The van der Waals surface area contributed by atoms with Gasteiger partial charge in [-0.15, -0.1) is 0 Å². The zero-order valence-electron chi connectivity index (χ0n) is 8.89. The molecule has 0 aromatic carbocycles. The van der Waals surface area contributed by atoms with Gasteiger partial charge in [0.2, 0.25) is 11.8 Å². The topological polar surface area (TPSA) is 58.2 Å². The van der Waals surface area contributed by atoms with Crippen molar-refractivity contribution in [1.29, 1.82) is 0 Å². The molecular formula is C6H12N2O2. The first-order valence-corrected chi connectivity index (χ1v) is 2.81. The molecule has 0 rings (SSSR count). The summed E-state index contributed by atoms with van der Waals surface area (Å²) in [4.78, 5) is 21.7. The molecule has 0 aromatic rings. The van der Waals surface area contributed by atoms with Crippen molar-refractivity contribution in [2.24, 2.45) is 0 Å². The third kappa shape index (κ3) is 3.06. The molecule has 4 nitrogen and oxygen atoms in total. The number of likely N-dealkylation sites (N-methyl/N-ethyl adjacent to an activating group) is 1. The summed E-state index contributed by atoms with van der Waals surface area (Å²) in [6.07, 6.45) is 0. The predicted octanol–water partition coefficient (Wildman–Crippen LogP) is -0.743. The Balaban J connectivity index is 4.15. The summed E-state index contributed by atoms with van der Waals surface area (Å²) in [6, 6.07) is -0.835. The number of rotatable bonds is 2. The van der Waals surface area contributed by atoms with Gasteiger partial charge in [0.1, 0.15) is 6.04 Å². The molecule has 0 unspecified atom stereocenters. The van der Waals surface area contributed by atoms with Gasteiger partial charge in [0, 0.05) is 18.0 Å². The summed E-state index contributed by atoms with van der Waals surface area (Å²) in [5, 5.41) is 4.34. The van der Waals surface area contributed by atoms with Gasteiger partial charge in [-0.3, -0.25) is 9.59 Å². The smallest absolute Gasteiger partial charge is 0.242 e. The molecule has 0 radical (unpaired) electrons. The number of amides is 2. The minimum absolute atomic E-state index is 0.433. The van der Waals surface area contributed by atoms with E-state index in [-0.39, 0.29) is 0 Å². The maximum absolute atomic E-state index is 10.9. The molecular weight excluding hydrogens is 132 g/mol. The molecule has 0 aliphatic heterocycles. The Morgan fingerprint density at radius 1 is 1.60 bits per heavy atom. The van der Waals surface area contributed by atoms with Gasteiger partial charge < -0.3 is 10.6 Å². The maximum atomic E-state index is 10.9. The molecule has 58 valence electrons. The number of nitrogens with one attached hydrogen (secondary N) is 2. The van der Waals surface area contributed by atoms with E-state index in [1.54, 1.807) is 0 Å². The largest absolute Gasteiger partial charge is 0.357 e. The average Bonchev–Trinajstić information content (AvgIpc) is 2.01. The Morgan fingerprint density at radius 2 is 2.20 bits per heavy atom. The van der Waals surface area contributed by atoms with E-state index in [1.165, 1.54) is 14.0 Å². The lowest BCUT2D eigenvalue weighted by atomic mass is 10.3. The van der Waals surface area contributed by atoms with Gasteiger partial charge >= 0.3 is 0 Å². The predicted molar refractivity (Wildman–Crippen MR) is 37.3 cm³/mol. The zero-order valence-corrected chi connectivity index (χ0v) is 5.89. The van der Waals surface area contributed by atoms with Crippen LogP contribution in [-0.2, 0) is 9.59 Å². The van der Waals surface area contributed by atoms with Crippen LogP contribution in [0, 0.1) is 0 Å². The van der Waals surface area contributed by atoms with E-state index in [1.807, 2.05) is 0 Å². The van der Waals surface area contributed by atoms with Crippen LogP contribution in [0.3, 0.4) is 0 Å². The fourth-order valence-electron chi connectivity index (χ4n) is 0.479. The van der Waals surface area contributed by atoms with Gasteiger partial charge in [0.15, 0.2) is 0 Å². The van der Waals surface area contributed by atoms with Crippen LogP contribution in [-0.4, -0.2) is 24.9 Å². The lowest BCUT2D eigenvalue weighted by molar-refractivity contribution is -0.127. The lowest BCUT2D eigenvalue weighted by Gasteiger charge is -2.09. The average molecular weight is 147 g/mol. The Hall–Kier alpha value is -1.06.